The molecular formula is C21H21N3O4. The predicted octanol–water partition coefficient (Wildman–Crippen LogP) is 2.32. The molecule has 2 aromatic rings. The smallest absolute Gasteiger partial charge is 0.307 e. The fourth-order valence-electron chi connectivity index (χ4n) is 3.77. The van der Waals surface area contributed by atoms with Crippen LogP contribution in [0.1, 0.15) is 30.7 Å². The number of aromatic nitrogens is 2. The highest BCUT2D eigenvalue weighted by Crippen LogP contribution is 2.35. The number of amides is 2. The average Bonchev–Trinajstić information content (AvgIpc) is 2.95. The molecule has 1 saturated heterocycles. The van der Waals surface area contributed by atoms with Gasteiger partial charge in [0.15, 0.2) is 0 Å². The molecule has 0 spiro atoms. The molecule has 2 amide bonds. The van der Waals surface area contributed by atoms with E-state index in [1.54, 1.807) is 0 Å². The summed E-state index contributed by atoms with van der Waals surface area (Å²) in [6, 6.07) is 7.50. The van der Waals surface area contributed by atoms with E-state index in [0.717, 1.165) is 11.0 Å². The Hall–Kier alpha value is -3.09. The van der Waals surface area contributed by atoms with Gasteiger partial charge < -0.3 is 4.74 Å². The summed E-state index contributed by atoms with van der Waals surface area (Å²) in [5.41, 5.74) is 2.83. The van der Waals surface area contributed by atoms with Crippen molar-refractivity contribution in [2.45, 2.75) is 32.8 Å². The lowest BCUT2D eigenvalue weighted by atomic mass is 9.85. The Bertz CT molecular complexity index is 959. The second-order valence-electron chi connectivity index (χ2n) is 7.14. The van der Waals surface area contributed by atoms with Crippen molar-refractivity contribution < 1.29 is 19.1 Å². The highest BCUT2D eigenvalue weighted by molar-refractivity contribution is 6.05. The van der Waals surface area contributed by atoms with Crippen molar-refractivity contribution in [1.82, 2.24) is 14.9 Å². The number of hydrogen-bond acceptors (Lipinski definition) is 6. The molecule has 0 radical (unpaired) electrons. The zero-order chi connectivity index (χ0) is 19.7. The number of fused-ring (bicyclic) bond motifs is 2. The van der Waals surface area contributed by atoms with Gasteiger partial charge in [0, 0.05) is 6.54 Å². The summed E-state index contributed by atoms with van der Waals surface area (Å²) in [6.45, 7) is 1.89. The van der Waals surface area contributed by atoms with Crippen LogP contribution < -0.4 is 0 Å². The standard InChI is InChI=1S/C21H21N3O4/c1-13-18(23-17-9-5-4-8-16(17)22-13)12-28-19(25)10-11-24-20(26)14-6-2-3-7-15(14)21(24)27/h2-5,8-9,14-15H,6-7,10-12H2,1H3. The second kappa shape index (κ2) is 7.50. The first-order chi connectivity index (χ1) is 13.5. The number of likely N-dealkylation sites (tertiary alicyclic amines) is 1. The Kier molecular flexibility index (Phi) is 4.90. The van der Waals surface area contributed by atoms with E-state index in [1.165, 1.54) is 4.90 Å². The normalized spacial score (nSPS) is 21.2. The van der Waals surface area contributed by atoms with Gasteiger partial charge in [-0.2, -0.15) is 0 Å². The molecule has 2 heterocycles. The number of hydrogen-bond donors (Lipinski definition) is 0. The topological polar surface area (TPSA) is 89.5 Å². The highest BCUT2D eigenvalue weighted by Gasteiger charge is 2.46. The van der Waals surface area contributed by atoms with Gasteiger partial charge in [-0.05, 0) is 31.9 Å². The van der Waals surface area contributed by atoms with Crippen LogP contribution >= 0.6 is 0 Å². The lowest BCUT2D eigenvalue weighted by molar-refractivity contribution is -0.146. The van der Waals surface area contributed by atoms with Crippen LogP contribution in [0.15, 0.2) is 36.4 Å². The number of carbonyl (C=O) groups excluding carboxylic acids is 3. The zero-order valence-electron chi connectivity index (χ0n) is 15.6. The van der Waals surface area contributed by atoms with Crippen LogP contribution in [0.3, 0.4) is 0 Å². The molecule has 2 atom stereocenters. The molecule has 1 aromatic heterocycles. The molecular weight excluding hydrogens is 358 g/mol. The third-order valence-electron chi connectivity index (χ3n) is 5.35. The number of nitrogens with zero attached hydrogens (tertiary/aromatic N) is 3. The van der Waals surface area contributed by atoms with Gasteiger partial charge in [-0.25, -0.2) is 9.97 Å². The summed E-state index contributed by atoms with van der Waals surface area (Å²) < 4.78 is 5.30. The van der Waals surface area contributed by atoms with E-state index in [2.05, 4.69) is 9.97 Å². The maximum Gasteiger partial charge on any atom is 0.307 e. The summed E-state index contributed by atoms with van der Waals surface area (Å²) >= 11 is 0. The third kappa shape index (κ3) is 3.40. The molecule has 2 aliphatic rings. The monoisotopic (exact) mass is 379 g/mol. The van der Waals surface area contributed by atoms with Crippen LogP contribution in [-0.4, -0.2) is 39.2 Å². The van der Waals surface area contributed by atoms with Gasteiger partial charge >= 0.3 is 5.97 Å². The van der Waals surface area contributed by atoms with E-state index in [0.29, 0.717) is 24.2 Å². The maximum absolute atomic E-state index is 12.4. The Labute approximate surface area is 162 Å². The fraction of sp³-hybridized carbons (Fsp3) is 0.381. The van der Waals surface area contributed by atoms with Gasteiger partial charge in [-0.1, -0.05) is 24.3 Å². The number of aryl methyl sites for hydroxylation is 1. The Balaban J connectivity index is 1.34. The van der Waals surface area contributed by atoms with E-state index in [1.807, 2.05) is 43.3 Å². The molecule has 1 aliphatic carbocycles. The van der Waals surface area contributed by atoms with Gasteiger partial charge in [0.1, 0.15) is 6.61 Å². The van der Waals surface area contributed by atoms with Gasteiger partial charge in [0.25, 0.3) is 0 Å². The largest absolute Gasteiger partial charge is 0.459 e. The number of carbonyl (C=O) groups is 3. The molecule has 144 valence electrons. The minimum absolute atomic E-state index is 0.0135. The van der Waals surface area contributed by atoms with Crippen LogP contribution in [-0.2, 0) is 25.7 Å². The summed E-state index contributed by atoms with van der Waals surface area (Å²) in [6.07, 6.45) is 5.05. The predicted molar refractivity (Wildman–Crippen MR) is 101 cm³/mol. The van der Waals surface area contributed by atoms with Crippen LogP contribution in [0.4, 0.5) is 0 Å². The average molecular weight is 379 g/mol. The molecule has 0 bridgehead atoms. The van der Waals surface area contributed by atoms with E-state index < -0.39 is 5.97 Å². The summed E-state index contributed by atoms with van der Waals surface area (Å²) in [5, 5.41) is 0. The van der Waals surface area contributed by atoms with Gasteiger partial charge in [0.2, 0.25) is 11.8 Å². The molecule has 7 heteroatoms. The number of ether oxygens (including phenoxy) is 1. The zero-order valence-corrected chi connectivity index (χ0v) is 15.6. The van der Waals surface area contributed by atoms with Crippen molar-refractivity contribution in [3.63, 3.8) is 0 Å². The summed E-state index contributed by atoms with van der Waals surface area (Å²) in [4.78, 5) is 47.1. The lowest BCUT2D eigenvalue weighted by Crippen LogP contribution is -2.33. The molecule has 28 heavy (non-hydrogen) atoms. The van der Waals surface area contributed by atoms with Crippen molar-refractivity contribution in [1.29, 1.82) is 0 Å². The number of para-hydroxylation sites is 2. The fourth-order valence-corrected chi connectivity index (χ4v) is 3.77. The van der Waals surface area contributed by atoms with Crippen molar-refractivity contribution in [3.8, 4) is 0 Å². The first kappa shape index (κ1) is 18.3. The second-order valence-corrected chi connectivity index (χ2v) is 7.14. The van der Waals surface area contributed by atoms with Gasteiger partial charge in [-0.3, -0.25) is 19.3 Å². The van der Waals surface area contributed by atoms with Crippen LogP contribution in [0.5, 0.6) is 0 Å². The van der Waals surface area contributed by atoms with Crippen molar-refractivity contribution >= 4 is 28.8 Å². The van der Waals surface area contributed by atoms with Crippen molar-refractivity contribution in [3.05, 3.63) is 47.8 Å². The van der Waals surface area contributed by atoms with E-state index in [4.69, 9.17) is 4.74 Å². The van der Waals surface area contributed by atoms with Crippen molar-refractivity contribution in [2.75, 3.05) is 6.54 Å². The number of esters is 1. The molecule has 4 rings (SSSR count). The Morgan fingerprint density at radius 1 is 1.07 bits per heavy atom. The first-order valence-electron chi connectivity index (χ1n) is 9.42. The number of benzene rings is 1. The number of rotatable bonds is 5. The molecule has 1 fully saturated rings. The number of allylic oxidation sites excluding steroid dienone is 2. The van der Waals surface area contributed by atoms with Gasteiger partial charge in [0.05, 0.1) is 40.7 Å². The van der Waals surface area contributed by atoms with E-state index in [9.17, 15) is 14.4 Å². The molecule has 1 aliphatic heterocycles. The van der Waals surface area contributed by atoms with Crippen LogP contribution in [0, 0.1) is 18.8 Å². The minimum atomic E-state index is -0.469. The molecule has 1 aromatic carbocycles. The first-order valence-corrected chi connectivity index (χ1v) is 9.42. The van der Waals surface area contributed by atoms with Crippen LogP contribution in [0.2, 0.25) is 0 Å². The molecule has 7 nitrogen and oxygen atoms in total. The lowest BCUT2D eigenvalue weighted by Gasteiger charge is -2.14. The summed E-state index contributed by atoms with van der Waals surface area (Å²) in [7, 11) is 0. The van der Waals surface area contributed by atoms with E-state index >= 15 is 0 Å². The Morgan fingerprint density at radius 3 is 2.32 bits per heavy atom. The SMILES string of the molecule is Cc1nc2ccccc2nc1COC(=O)CCN1C(=O)C2CC=CCC2C1=O. The quantitative estimate of drug-likeness (QED) is 0.450. The molecule has 0 N–H and O–H groups in total. The van der Waals surface area contributed by atoms with E-state index in [-0.39, 0.29) is 43.2 Å². The third-order valence-corrected chi connectivity index (χ3v) is 5.35. The molecule has 0 saturated carbocycles. The number of imide groups is 1. The summed E-state index contributed by atoms with van der Waals surface area (Å²) in [5.74, 6) is -1.37. The van der Waals surface area contributed by atoms with Crippen LogP contribution in [0.25, 0.3) is 11.0 Å². The van der Waals surface area contributed by atoms with Gasteiger partial charge in [-0.15, -0.1) is 0 Å². The molecule has 2 unspecified atom stereocenters. The van der Waals surface area contributed by atoms with Crippen molar-refractivity contribution in [2.24, 2.45) is 11.8 Å². The minimum Gasteiger partial charge on any atom is -0.459 e. The maximum atomic E-state index is 12.4. The highest BCUT2D eigenvalue weighted by atomic mass is 16.5. The Morgan fingerprint density at radius 2 is 1.68 bits per heavy atom.